The number of rotatable bonds is 1. The van der Waals surface area contributed by atoms with Gasteiger partial charge in [-0.15, -0.1) is 0 Å². The van der Waals surface area contributed by atoms with Crippen LogP contribution < -0.4 is 0 Å². The molecule has 0 aromatic heterocycles. The summed E-state index contributed by atoms with van der Waals surface area (Å²) in [5, 5.41) is 0. The summed E-state index contributed by atoms with van der Waals surface area (Å²) < 4.78 is 26.7. The molecular weight excluding hydrogens is 210 g/mol. The van der Waals surface area contributed by atoms with Crippen LogP contribution in [0.1, 0.15) is 44.9 Å². The van der Waals surface area contributed by atoms with E-state index in [-0.39, 0.29) is 17.6 Å². The number of carbonyl (C=O) groups excluding carboxylic acids is 1. The van der Waals surface area contributed by atoms with Crippen molar-refractivity contribution < 1.29 is 13.6 Å². The van der Waals surface area contributed by atoms with E-state index >= 15 is 0 Å². The number of carbonyl (C=O) groups is 1. The monoisotopic (exact) mass is 228 g/mol. The first-order valence-corrected chi connectivity index (χ1v) is 6.46. The number of fused-ring (bicyclic) bond motifs is 3. The van der Waals surface area contributed by atoms with Crippen LogP contribution in [0.4, 0.5) is 8.78 Å². The predicted molar refractivity (Wildman–Crippen MR) is 56.2 cm³/mol. The highest BCUT2D eigenvalue weighted by Gasteiger charge is 2.63. The molecule has 3 aliphatic rings. The second-order valence-corrected chi connectivity index (χ2v) is 5.89. The van der Waals surface area contributed by atoms with E-state index in [9.17, 15) is 13.6 Å². The fourth-order valence-corrected chi connectivity index (χ4v) is 4.63. The minimum atomic E-state index is -2.30. The van der Waals surface area contributed by atoms with E-state index in [0.717, 1.165) is 19.3 Å². The van der Waals surface area contributed by atoms with Crippen molar-refractivity contribution in [1.29, 1.82) is 0 Å². The number of hydrogen-bond donors (Lipinski definition) is 0. The number of hydrogen-bond acceptors (Lipinski definition) is 1. The molecule has 90 valence electrons. The van der Waals surface area contributed by atoms with Gasteiger partial charge in [0, 0.05) is 17.8 Å². The molecule has 1 nitrogen and oxygen atoms in total. The van der Waals surface area contributed by atoms with Crippen molar-refractivity contribution >= 4 is 5.78 Å². The molecule has 0 N–H and O–H groups in total. The Bertz CT molecular complexity index is 315. The lowest BCUT2D eigenvalue weighted by atomic mass is 9.75. The Labute approximate surface area is 94.6 Å². The summed E-state index contributed by atoms with van der Waals surface area (Å²) in [6.45, 7) is 0. The van der Waals surface area contributed by atoms with Gasteiger partial charge < -0.3 is 0 Å². The molecule has 3 aliphatic carbocycles. The van der Waals surface area contributed by atoms with Crippen LogP contribution in [0.2, 0.25) is 0 Å². The quantitative estimate of drug-likeness (QED) is 0.672. The van der Waals surface area contributed by atoms with Crippen LogP contribution in [0.5, 0.6) is 0 Å². The van der Waals surface area contributed by atoms with Crippen LogP contribution in [0, 0.1) is 23.2 Å². The minimum Gasteiger partial charge on any atom is -0.299 e. The van der Waals surface area contributed by atoms with Crippen molar-refractivity contribution in [3.05, 3.63) is 0 Å². The molecule has 0 saturated heterocycles. The van der Waals surface area contributed by atoms with Gasteiger partial charge in [-0.1, -0.05) is 19.3 Å². The largest absolute Gasteiger partial charge is 0.299 e. The Balaban J connectivity index is 1.96. The third-order valence-corrected chi connectivity index (χ3v) is 5.28. The van der Waals surface area contributed by atoms with Gasteiger partial charge in [0.25, 0.3) is 0 Å². The van der Waals surface area contributed by atoms with Crippen LogP contribution in [0.25, 0.3) is 0 Å². The van der Waals surface area contributed by atoms with Crippen molar-refractivity contribution in [2.75, 3.05) is 0 Å². The standard InChI is InChI=1S/C13H18F2O/c14-12(15)13-6-5-10(16)11(13)9-4-2-1-3-8(9)7-13/h8-9,11-12H,1-7H2/t8-,9+,11?,13?/m0/s1. The highest BCUT2D eigenvalue weighted by atomic mass is 19.3. The highest BCUT2D eigenvalue weighted by molar-refractivity contribution is 5.85. The summed E-state index contributed by atoms with van der Waals surface area (Å²) >= 11 is 0. The van der Waals surface area contributed by atoms with Crippen LogP contribution >= 0.6 is 0 Å². The molecule has 3 fully saturated rings. The lowest BCUT2D eigenvalue weighted by Crippen LogP contribution is -2.33. The Morgan fingerprint density at radius 1 is 1.25 bits per heavy atom. The Morgan fingerprint density at radius 3 is 2.75 bits per heavy atom. The van der Waals surface area contributed by atoms with E-state index in [1.54, 1.807) is 0 Å². The fraction of sp³-hybridized carbons (Fsp3) is 0.923. The highest BCUT2D eigenvalue weighted by Crippen LogP contribution is 2.63. The zero-order valence-electron chi connectivity index (χ0n) is 9.42. The zero-order valence-corrected chi connectivity index (χ0v) is 9.42. The molecule has 0 spiro atoms. The molecular formula is C13H18F2O. The average molecular weight is 228 g/mol. The van der Waals surface area contributed by atoms with Gasteiger partial charge in [-0.25, -0.2) is 8.78 Å². The van der Waals surface area contributed by atoms with Gasteiger partial charge in [-0.05, 0) is 31.1 Å². The van der Waals surface area contributed by atoms with Gasteiger partial charge in [-0.3, -0.25) is 4.79 Å². The van der Waals surface area contributed by atoms with Crippen LogP contribution in [0.3, 0.4) is 0 Å². The molecule has 3 heteroatoms. The van der Waals surface area contributed by atoms with Gasteiger partial charge in [0.15, 0.2) is 0 Å². The van der Waals surface area contributed by atoms with Crippen LogP contribution in [0.15, 0.2) is 0 Å². The first-order chi connectivity index (χ1) is 7.65. The molecule has 2 unspecified atom stereocenters. The molecule has 0 aliphatic heterocycles. The molecule has 0 aromatic carbocycles. The van der Waals surface area contributed by atoms with Gasteiger partial charge in [0.1, 0.15) is 5.78 Å². The topological polar surface area (TPSA) is 17.1 Å². The summed E-state index contributed by atoms with van der Waals surface area (Å²) in [6, 6.07) is 0. The molecule has 0 radical (unpaired) electrons. The van der Waals surface area contributed by atoms with Crippen molar-refractivity contribution in [2.24, 2.45) is 23.2 Å². The molecule has 3 rings (SSSR count). The lowest BCUT2D eigenvalue weighted by Gasteiger charge is -2.30. The molecule has 0 aromatic rings. The van der Waals surface area contributed by atoms with Gasteiger partial charge in [0.2, 0.25) is 6.43 Å². The molecule has 3 saturated carbocycles. The van der Waals surface area contributed by atoms with Crippen LogP contribution in [-0.4, -0.2) is 12.2 Å². The molecule has 0 amide bonds. The summed E-state index contributed by atoms with van der Waals surface area (Å²) in [7, 11) is 0. The SMILES string of the molecule is O=C1CCC2(C(F)F)C[C@@H]3CCCC[C@H]3C12. The maximum atomic E-state index is 13.3. The number of ketones is 1. The maximum absolute atomic E-state index is 13.3. The Kier molecular flexibility index (Phi) is 2.34. The summed E-state index contributed by atoms with van der Waals surface area (Å²) in [6.07, 6.45) is 3.55. The first-order valence-electron chi connectivity index (χ1n) is 6.46. The minimum absolute atomic E-state index is 0.134. The smallest absolute Gasteiger partial charge is 0.244 e. The number of halogens is 2. The van der Waals surface area contributed by atoms with Gasteiger partial charge in [0.05, 0.1) is 0 Å². The van der Waals surface area contributed by atoms with Crippen molar-refractivity contribution in [1.82, 2.24) is 0 Å². The molecule has 16 heavy (non-hydrogen) atoms. The lowest BCUT2D eigenvalue weighted by molar-refractivity contribution is -0.126. The number of Topliss-reactive ketones (excluding diaryl/α,β-unsaturated/α-hetero) is 1. The number of alkyl halides is 2. The third kappa shape index (κ3) is 1.23. The van der Waals surface area contributed by atoms with E-state index < -0.39 is 11.8 Å². The van der Waals surface area contributed by atoms with Gasteiger partial charge in [-0.2, -0.15) is 0 Å². The molecule has 0 heterocycles. The Morgan fingerprint density at radius 2 is 2.00 bits per heavy atom. The first kappa shape index (κ1) is 10.7. The molecule has 0 bridgehead atoms. The Hall–Kier alpha value is -0.470. The van der Waals surface area contributed by atoms with E-state index in [1.165, 1.54) is 6.42 Å². The fourth-order valence-electron chi connectivity index (χ4n) is 4.63. The van der Waals surface area contributed by atoms with Crippen LogP contribution in [-0.2, 0) is 4.79 Å². The predicted octanol–water partition coefficient (Wildman–Crippen LogP) is 3.43. The average Bonchev–Trinajstić information content (AvgIpc) is 2.75. The second-order valence-electron chi connectivity index (χ2n) is 5.89. The maximum Gasteiger partial charge on any atom is 0.244 e. The summed E-state index contributed by atoms with van der Waals surface area (Å²) in [5.74, 6) is 0.544. The normalized spacial score (nSPS) is 47.2. The van der Waals surface area contributed by atoms with Gasteiger partial charge >= 0.3 is 0 Å². The van der Waals surface area contributed by atoms with Crippen molar-refractivity contribution in [3.63, 3.8) is 0 Å². The summed E-state index contributed by atoms with van der Waals surface area (Å²) in [4.78, 5) is 11.9. The van der Waals surface area contributed by atoms with E-state index in [1.807, 2.05) is 0 Å². The van der Waals surface area contributed by atoms with E-state index in [0.29, 0.717) is 25.2 Å². The second kappa shape index (κ2) is 3.51. The van der Waals surface area contributed by atoms with Crippen molar-refractivity contribution in [3.8, 4) is 0 Å². The van der Waals surface area contributed by atoms with E-state index in [4.69, 9.17) is 0 Å². The third-order valence-electron chi connectivity index (χ3n) is 5.28. The summed E-state index contributed by atoms with van der Waals surface area (Å²) in [5.41, 5.74) is -0.920. The zero-order chi connectivity index (χ0) is 11.3. The van der Waals surface area contributed by atoms with Crippen molar-refractivity contribution in [2.45, 2.75) is 51.4 Å². The molecule has 4 atom stereocenters. The van der Waals surface area contributed by atoms with E-state index in [2.05, 4.69) is 0 Å².